The summed E-state index contributed by atoms with van der Waals surface area (Å²) in [5, 5.41) is 0. The molecule has 0 saturated carbocycles. The summed E-state index contributed by atoms with van der Waals surface area (Å²) in [6, 6.07) is 20.3. The van der Waals surface area contributed by atoms with Crippen LogP contribution in [0.25, 0.3) is 0 Å². The van der Waals surface area contributed by atoms with Gasteiger partial charge >= 0.3 is 0 Å². The first-order chi connectivity index (χ1) is 13.7. The van der Waals surface area contributed by atoms with E-state index in [0.29, 0.717) is 19.6 Å². The van der Waals surface area contributed by atoms with Crippen molar-refractivity contribution in [1.29, 1.82) is 0 Å². The predicted molar refractivity (Wildman–Crippen MR) is 108 cm³/mol. The number of nitrogens with zero attached hydrogens (tertiary/aromatic N) is 2. The minimum atomic E-state index is 0.0982. The summed E-state index contributed by atoms with van der Waals surface area (Å²) in [7, 11) is 1.64. The third-order valence-electron chi connectivity index (χ3n) is 5.19. The third-order valence-corrected chi connectivity index (χ3v) is 5.19. The summed E-state index contributed by atoms with van der Waals surface area (Å²) in [5.74, 6) is 0.854. The number of piperazine rings is 1. The Kier molecular flexibility index (Phi) is 5.44. The number of hydrogen-bond donors (Lipinski definition) is 0. The van der Waals surface area contributed by atoms with Gasteiger partial charge in [0.05, 0.1) is 26.2 Å². The summed E-state index contributed by atoms with van der Waals surface area (Å²) in [5.41, 5.74) is 3.23. The molecule has 1 aliphatic heterocycles. The number of hydrogen-bond acceptors (Lipinski definition) is 4. The standard InChI is InChI=1S/C23H24N2O3/c1-27-22-9-5-8-20(13-22)25-15-21(12-18-6-3-2-4-7-18)24(16-23(25)26)14-19-10-11-28-17-19/h2-11,13,17,21H,12,14-16H2,1H3/t21-/m0/s1. The Balaban J connectivity index is 1.59. The first kappa shape index (κ1) is 18.3. The van der Waals surface area contributed by atoms with Crippen molar-refractivity contribution in [2.24, 2.45) is 0 Å². The van der Waals surface area contributed by atoms with E-state index in [1.807, 2.05) is 41.3 Å². The highest BCUT2D eigenvalue weighted by Gasteiger charge is 2.33. The number of anilines is 1. The van der Waals surface area contributed by atoms with Crippen molar-refractivity contribution in [2.75, 3.05) is 25.1 Å². The number of rotatable bonds is 6. The average Bonchev–Trinajstić information content (AvgIpc) is 3.24. The van der Waals surface area contributed by atoms with E-state index in [4.69, 9.17) is 9.15 Å². The Bertz CT molecular complexity index is 909. The third kappa shape index (κ3) is 4.10. The van der Waals surface area contributed by atoms with Gasteiger partial charge < -0.3 is 14.1 Å². The van der Waals surface area contributed by atoms with Gasteiger partial charge in [-0.25, -0.2) is 0 Å². The normalized spacial score (nSPS) is 17.7. The molecular formula is C23H24N2O3. The highest BCUT2D eigenvalue weighted by Crippen LogP contribution is 2.26. The fourth-order valence-electron chi connectivity index (χ4n) is 3.73. The van der Waals surface area contributed by atoms with Crippen molar-refractivity contribution in [3.63, 3.8) is 0 Å². The number of carbonyl (C=O) groups excluding carboxylic acids is 1. The van der Waals surface area contributed by atoms with Crippen LogP contribution in [0.2, 0.25) is 0 Å². The molecule has 0 spiro atoms. The van der Waals surface area contributed by atoms with Gasteiger partial charge in [0.25, 0.3) is 0 Å². The highest BCUT2D eigenvalue weighted by atomic mass is 16.5. The molecule has 1 aromatic heterocycles. The largest absolute Gasteiger partial charge is 0.497 e. The number of amides is 1. The monoisotopic (exact) mass is 376 g/mol. The average molecular weight is 376 g/mol. The second kappa shape index (κ2) is 8.31. The lowest BCUT2D eigenvalue weighted by Gasteiger charge is -2.41. The molecule has 144 valence electrons. The molecule has 1 fully saturated rings. The van der Waals surface area contributed by atoms with E-state index in [0.717, 1.165) is 23.4 Å². The number of ether oxygens (including phenoxy) is 1. The number of carbonyl (C=O) groups is 1. The number of benzene rings is 2. The Labute approximate surface area is 165 Å². The smallest absolute Gasteiger partial charge is 0.241 e. The zero-order valence-electron chi connectivity index (χ0n) is 16.0. The fraction of sp³-hybridized carbons (Fsp3) is 0.261. The van der Waals surface area contributed by atoms with Gasteiger partial charge in [0, 0.05) is 36.4 Å². The molecule has 0 aliphatic carbocycles. The van der Waals surface area contributed by atoms with Crippen LogP contribution in [0.4, 0.5) is 5.69 Å². The summed E-state index contributed by atoms with van der Waals surface area (Å²) in [4.78, 5) is 17.1. The maximum atomic E-state index is 13.0. The SMILES string of the molecule is COc1cccc(N2C[C@H](Cc3ccccc3)N(Cc3ccoc3)CC2=O)c1. The van der Waals surface area contributed by atoms with E-state index >= 15 is 0 Å². The lowest BCUT2D eigenvalue weighted by Crippen LogP contribution is -2.56. The van der Waals surface area contributed by atoms with Crippen LogP contribution in [-0.2, 0) is 17.8 Å². The molecule has 5 nitrogen and oxygen atoms in total. The van der Waals surface area contributed by atoms with Crippen LogP contribution in [-0.4, -0.2) is 37.0 Å². The quantitative estimate of drug-likeness (QED) is 0.657. The van der Waals surface area contributed by atoms with Crippen LogP contribution in [0.1, 0.15) is 11.1 Å². The van der Waals surface area contributed by atoms with Crippen molar-refractivity contribution >= 4 is 11.6 Å². The predicted octanol–water partition coefficient (Wildman–Crippen LogP) is 3.75. The second-order valence-electron chi connectivity index (χ2n) is 7.09. The second-order valence-corrected chi connectivity index (χ2v) is 7.09. The lowest BCUT2D eigenvalue weighted by atomic mass is 10.0. The maximum Gasteiger partial charge on any atom is 0.241 e. The Morgan fingerprint density at radius 2 is 1.93 bits per heavy atom. The molecule has 0 bridgehead atoms. The summed E-state index contributed by atoms with van der Waals surface area (Å²) >= 11 is 0. The van der Waals surface area contributed by atoms with Crippen molar-refractivity contribution in [1.82, 2.24) is 4.90 Å². The lowest BCUT2D eigenvalue weighted by molar-refractivity contribution is -0.122. The molecule has 4 rings (SSSR count). The topological polar surface area (TPSA) is 45.9 Å². The Morgan fingerprint density at radius 1 is 1.07 bits per heavy atom. The summed E-state index contributed by atoms with van der Waals surface area (Å²) in [6.45, 7) is 1.71. The molecule has 2 aromatic carbocycles. The molecule has 1 aliphatic rings. The van der Waals surface area contributed by atoms with Crippen LogP contribution >= 0.6 is 0 Å². The van der Waals surface area contributed by atoms with Crippen molar-refractivity contribution in [3.05, 3.63) is 84.3 Å². The van der Waals surface area contributed by atoms with E-state index in [2.05, 4.69) is 29.2 Å². The van der Waals surface area contributed by atoms with Gasteiger partial charge in [0.2, 0.25) is 5.91 Å². The van der Waals surface area contributed by atoms with E-state index in [-0.39, 0.29) is 11.9 Å². The first-order valence-corrected chi connectivity index (χ1v) is 9.46. The molecule has 1 atom stereocenters. The van der Waals surface area contributed by atoms with E-state index in [1.165, 1.54) is 5.56 Å². The summed E-state index contributed by atoms with van der Waals surface area (Å²) < 4.78 is 10.6. The van der Waals surface area contributed by atoms with Crippen LogP contribution in [0, 0.1) is 0 Å². The highest BCUT2D eigenvalue weighted by molar-refractivity contribution is 5.95. The zero-order valence-corrected chi connectivity index (χ0v) is 16.0. The van der Waals surface area contributed by atoms with Crippen LogP contribution in [0.15, 0.2) is 77.6 Å². The van der Waals surface area contributed by atoms with Gasteiger partial charge in [-0.15, -0.1) is 0 Å². The molecule has 0 unspecified atom stereocenters. The van der Waals surface area contributed by atoms with Crippen molar-refractivity contribution < 1.29 is 13.9 Å². The van der Waals surface area contributed by atoms with E-state index < -0.39 is 0 Å². The van der Waals surface area contributed by atoms with Crippen LogP contribution < -0.4 is 9.64 Å². The maximum absolute atomic E-state index is 13.0. The van der Waals surface area contributed by atoms with Gasteiger partial charge in [0.1, 0.15) is 5.75 Å². The molecule has 1 saturated heterocycles. The first-order valence-electron chi connectivity index (χ1n) is 9.46. The van der Waals surface area contributed by atoms with Crippen LogP contribution in [0.3, 0.4) is 0 Å². The van der Waals surface area contributed by atoms with E-state index in [9.17, 15) is 4.79 Å². The van der Waals surface area contributed by atoms with E-state index in [1.54, 1.807) is 19.6 Å². The van der Waals surface area contributed by atoms with Crippen molar-refractivity contribution in [2.45, 2.75) is 19.0 Å². The summed E-state index contributed by atoms with van der Waals surface area (Å²) in [6.07, 6.45) is 4.31. The fourth-order valence-corrected chi connectivity index (χ4v) is 3.73. The molecule has 3 aromatic rings. The number of methoxy groups -OCH3 is 1. The van der Waals surface area contributed by atoms with Gasteiger partial charge in [-0.1, -0.05) is 36.4 Å². The Hall–Kier alpha value is -3.05. The molecule has 0 N–H and O–H groups in total. The van der Waals surface area contributed by atoms with Gasteiger partial charge in [-0.3, -0.25) is 9.69 Å². The molecule has 0 radical (unpaired) electrons. The van der Waals surface area contributed by atoms with Crippen molar-refractivity contribution in [3.8, 4) is 5.75 Å². The molecule has 5 heteroatoms. The molecule has 1 amide bonds. The minimum absolute atomic E-state index is 0.0982. The number of furan rings is 1. The molecule has 2 heterocycles. The van der Waals surface area contributed by atoms with Crippen LogP contribution in [0.5, 0.6) is 5.75 Å². The zero-order chi connectivity index (χ0) is 19.3. The van der Waals surface area contributed by atoms with Gasteiger partial charge in [-0.2, -0.15) is 0 Å². The minimum Gasteiger partial charge on any atom is -0.497 e. The molecule has 28 heavy (non-hydrogen) atoms. The van der Waals surface area contributed by atoms with Gasteiger partial charge in [0.15, 0.2) is 0 Å². The van der Waals surface area contributed by atoms with Gasteiger partial charge in [-0.05, 0) is 30.2 Å². The Morgan fingerprint density at radius 3 is 2.68 bits per heavy atom. The molecular weight excluding hydrogens is 352 g/mol.